The monoisotopic (exact) mass is 369 g/mol. The van der Waals surface area contributed by atoms with Crippen molar-refractivity contribution in [1.29, 1.82) is 0 Å². The van der Waals surface area contributed by atoms with Crippen LogP contribution in [0.5, 0.6) is 0 Å². The van der Waals surface area contributed by atoms with Gasteiger partial charge in [0.25, 0.3) is 0 Å². The number of aromatic amines is 1. The number of rotatable bonds is 4. The lowest BCUT2D eigenvalue weighted by atomic mass is 10.1. The van der Waals surface area contributed by atoms with E-state index < -0.39 is 17.6 Å². The maximum absolute atomic E-state index is 13.9. The molecule has 1 saturated heterocycles. The van der Waals surface area contributed by atoms with Crippen LogP contribution in [0.1, 0.15) is 12.1 Å². The molecular weight excluding hydrogens is 352 g/mol. The third-order valence-electron chi connectivity index (χ3n) is 4.74. The number of anilines is 1. The van der Waals surface area contributed by atoms with Crippen LogP contribution in [-0.4, -0.2) is 23.3 Å². The predicted molar refractivity (Wildman–Crippen MR) is 97.0 cm³/mol. The summed E-state index contributed by atoms with van der Waals surface area (Å²) in [6.45, 7) is 0.378. The lowest BCUT2D eigenvalue weighted by Gasteiger charge is -2.17. The van der Waals surface area contributed by atoms with Crippen molar-refractivity contribution in [3.63, 3.8) is 0 Å². The Kier molecular flexibility index (Phi) is 4.35. The van der Waals surface area contributed by atoms with Crippen LogP contribution in [-0.2, 0) is 16.1 Å². The maximum Gasteiger partial charge on any atom is 0.227 e. The number of nitrogens with zero attached hydrogens (tertiary/aromatic N) is 1. The number of hydrogen-bond acceptors (Lipinski definition) is 2. The van der Waals surface area contributed by atoms with E-state index in [1.165, 1.54) is 11.0 Å². The van der Waals surface area contributed by atoms with E-state index in [9.17, 15) is 18.4 Å². The molecular formula is C20H17F2N3O2. The van der Waals surface area contributed by atoms with E-state index in [2.05, 4.69) is 10.3 Å². The molecule has 1 unspecified atom stereocenters. The van der Waals surface area contributed by atoms with Crippen LogP contribution in [0.3, 0.4) is 0 Å². The van der Waals surface area contributed by atoms with Crippen LogP contribution in [0, 0.1) is 17.6 Å². The first-order chi connectivity index (χ1) is 13.0. The first-order valence-electron chi connectivity index (χ1n) is 8.61. The number of para-hydroxylation sites is 1. The Bertz CT molecular complexity index is 998. The van der Waals surface area contributed by atoms with Crippen molar-refractivity contribution in [2.24, 2.45) is 5.92 Å². The van der Waals surface area contributed by atoms with Gasteiger partial charge in [-0.2, -0.15) is 0 Å². The van der Waals surface area contributed by atoms with Crippen LogP contribution < -0.4 is 10.2 Å². The normalized spacial score (nSPS) is 16.9. The predicted octanol–water partition coefficient (Wildman–Crippen LogP) is 3.12. The van der Waals surface area contributed by atoms with Crippen molar-refractivity contribution in [3.05, 3.63) is 65.9 Å². The molecule has 0 radical (unpaired) electrons. The minimum atomic E-state index is -0.817. The summed E-state index contributed by atoms with van der Waals surface area (Å²) in [6, 6.07) is 12.8. The molecule has 138 valence electrons. The van der Waals surface area contributed by atoms with Crippen LogP contribution in [0.15, 0.2) is 48.5 Å². The summed E-state index contributed by atoms with van der Waals surface area (Å²) >= 11 is 0. The summed E-state index contributed by atoms with van der Waals surface area (Å²) in [7, 11) is 0. The van der Waals surface area contributed by atoms with Gasteiger partial charge in [-0.05, 0) is 29.7 Å². The number of halogens is 2. The Morgan fingerprint density at radius 3 is 2.78 bits per heavy atom. The first-order valence-corrected chi connectivity index (χ1v) is 8.61. The SMILES string of the molecule is O=C(NCc1cc2ccccc2[nH]1)C1CC(=O)N(c2ccc(F)cc2F)C1. The molecule has 2 aromatic carbocycles. The summed E-state index contributed by atoms with van der Waals surface area (Å²) in [5.74, 6) is -2.73. The van der Waals surface area contributed by atoms with Gasteiger partial charge in [-0.25, -0.2) is 8.78 Å². The van der Waals surface area contributed by atoms with E-state index in [0.29, 0.717) is 6.54 Å². The minimum absolute atomic E-state index is 0.00461. The molecule has 0 aliphatic carbocycles. The molecule has 1 aliphatic heterocycles. The van der Waals surface area contributed by atoms with E-state index >= 15 is 0 Å². The van der Waals surface area contributed by atoms with Gasteiger partial charge in [0.2, 0.25) is 11.8 Å². The Labute approximate surface area is 154 Å². The third kappa shape index (κ3) is 3.40. The Morgan fingerprint density at radius 1 is 1.19 bits per heavy atom. The second-order valence-corrected chi connectivity index (χ2v) is 6.60. The fourth-order valence-electron chi connectivity index (χ4n) is 3.37. The van der Waals surface area contributed by atoms with E-state index in [1.807, 2.05) is 30.3 Å². The fraction of sp³-hybridized carbons (Fsp3) is 0.200. The highest BCUT2D eigenvalue weighted by Crippen LogP contribution is 2.28. The number of H-pyrrole nitrogens is 1. The molecule has 1 fully saturated rings. The number of carbonyl (C=O) groups is 2. The number of nitrogens with one attached hydrogen (secondary N) is 2. The van der Waals surface area contributed by atoms with E-state index in [0.717, 1.165) is 28.7 Å². The average molecular weight is 369 g/mol. The second-order valence-electron chi connectivity index (χ2n) is 6.60. The highest BCUT2D eigenvalue weighted by molar-refractivity contribution is 6.00. The number of amides is 2. The molecule has 4 rings (SSSR count). The standard InChI is InChI=1S/C20H17F2N3O2/c21-14-5-6-18(16(22)9-14)25-11-13(8-19(25)26)20(27)23-10-15-7-12-3-1-2-4-17(12)24-15/h1-7,9,13,24H,8,10-11H2,(H,23,27). The summed E-state index contributed by atoms with van der Waals surface area (Å²) in [5, 5.41) is 3.87. The van der Waals surface area contributed by atoms with Gasteiger partial charge < -0.3 is 15.2 Å². The number of fused-ring (bicyclic) bond motifs is 1. The van der Waals surface area contributed by atoms with Crippen molar-refractivity contribution < 1.29 is 18.4 Å². The van der Waals surface area contributed by atoms with Crippen molar-refractivity contribution in [2.45, 2.75) is 13.0 Å². The number of hydrogen-bond donors (Lipinski definition) is 2. The third-order valence-corrected chi connectivity index (χ3v) is 4.74. The largest absolute Gasteiger partial charge is 0.357 e. The summed E-state index contributed by atoms with van der Waals surface area (Å²) in [4.78, 5) is 29.1. The molecule has 2 N–H and O–H groups in total. The second kappa shape index (κ2) is 6.83. The number of aromatic nitrogens is 1. The Morgan fingerprint density at radius 2 is 2.00 bits per heavy atom. The van der Waals surface area contributed by atoms with Gasteiger partial charge in [0, 0.05) is 30.2 Å². The molecule has 1 aliphatic rings. The summed E-state index contributed by atoms with van der Waals surface area (Å²) in [6.07, 6.45) is -0.00461. The Hall–Kier alpha value is -3.22. The van der Waals surface area contributed by atoms with E-state index in [4.69, 9.17) is 0 Å². The summed E-state index contributed by atoms with van der Waals surface area (Å²) < 4.78 is 27.0. The van der Waals surface area contributed by atoms with Crippen LogP contribution >= 0.6 is 0 Å². The molecule has 2 amide bonds. The smallest absolute Gasteiger partial charge is 0.227 e. The quantitative estimate of drug-likeness (QED) is 0.742. The molecule has 5 nitrogen and oxygen atoms in total. The maximum atomic E-state index is 13.9. The van der Waals surface area contributed by atoms with Gasteiger partial charge >= 0.3 is 0 Å². The van der Waals surface area contributed by atoms with Crippen molar-refractivity contribution >= 4 is 28.4 Å². The van der Waals surface area contributed by atoms with Gasteiger partial charge in [0.1, 0.15) is 11.6 Å². The van der Waals surface area contributed by atoms with Gasteiger partial charge in [0.15, 0.2) is 0 Å². The molecule has 3 aromatic rings. The molecule has 0 bridgehead atoms. The van der Waals surface area contributed by atoms with Gasteiger partial charge in [-0.15, -0.1) is 0 Å². The molecule has 27 heavy (non-hydrogen) atoms. The fourth-order valence-corrected chi connectivity index (χ4v) is 3.37. The number of carbonyl (C=O) groups excluding carboxylic acids is 2. The molecule has 0 saturated carbocycles. The van der Waals surface area contributed by atoms with Crippen LogP contribution in [0.4, 0.5) is 14.5 Å². The lowest BCUT2D eigenvalue weighted by Crippen LogP contribution is -2.32. The highest BCUT2D eigenvalue weighted by Gasteiger charge is 2.36. The minimum Gasteiger partial charge on any atom is -0.357 e. The van der Waals surface area contributed by atoms with E-state index in [1.54, 1.807) is 0 Å². The zero-order chi connectivity index (χ0) is 19.0. The highest BCUT2D eigenvalue weighted by atomic mass is 19.1. The van der Waals surface area contributed by atoms with Crippen molar-refractivity contribution in [3.8, 4) is 0 Å². The molecule has 2 heterocycles. The van der Waals surface area contributed by atoms with Crippen molar-refractivity contribution in [1.82, 2.24) is 10.3 Å². The summed E-state index contributed by atoms with van der Waals surface area (Å²) in [5.41, 5.74) is 1.83. The molecule has 1 atom stereocenters. The van der Waals surface area contributed by atoms with Crippen molar-refractivity contribution in [2.75, 3.05) is 11.4 Å². The van der Waals surface area contributed by atoms with Crippen LogP contribution in [0.25, 0.3) is 10.9 Å². The van der Waals surface area contributed by atoms with E-state index in [-0.39, 0.29) is 30.5 Å². The molecule has 7 heteroatoms. The lowest BCUT2D eigenvalue weighted by molar-refractivity contribution is -0.126. The average Bonchev–Trinajstić information content (AvgIpc) is 3.23. The topological polar surface area (TPSA) is 65.2 Å². The Balaban J connectivity index is 1.41. The van der Waals surface area contributed by atoms with Gasteiger partial charge in [-0.3, -0.25) is 9.59 Å². The zero-order valence-corrected chi connectivity index (χ0v) is 14.3. The first kappa shape index (κ1) is 17.2. The number of benzene rings is 2. The zero-order valence-electron chi connectivity index (χ0n) is 14.3. The molecule has 1 aromatic heterocycles. The van der Waals surface area contributed by atoms with Gasteiger partial charge in [0.05, 0.1) is 18.2 Å². The van der Waals surface area contributed by atoms with Crippen LogP contribution in [0.2, 0.25) is 0 Å². The van der Waals surface area contributed by atoms with Gasteiger partial charge in [-0.1, -0.05) is 18.2 Å². The molecule has 0 spiro atoms.